The minimum atomic E-state index is -2.87. The summed E-state index contributed by atoms with van der Waals surface area (Å²) in [4.78, 5) is 33.2. The van der Waals surface area contributed by atoms with E-state index in [1.54, 1.807) is 0 Å². The summed E-state index contributed by atoms with van der Waals surface area (Å²) in [6, 6.07) is 0. The molecule has 0 spiro atoms. The molecule has 0 saturated carbocycles. The molecular weight excluding hydrogens is 393 g/mol. The van der Waals surface area contributed by atoms with Gasteiger partial charge in [0.15, 0.2) is 0 Å². The fourth-order valence-corrected chi connectivity index (χ4v) is 2.64. The third kappa shape index (κ3) is 40.4. The third-order valence-corrected chi connectivity index (χ3v) is 3.98. The Balaban J connectivity index is -0.000000867. The Labute approximate surface area is 168 Å². The van der Waals surface area contributed by atoms with Gasteiger partial charge in [-0.15, -0.1) is 0 Å². The van der Waals surface area contributed by atoms with Crippen LogP contribution in [0.15, 0.2) is 0 Å². The topological polar surface area (TPSA) is 104 Å². The number of hydrogen-bond acceptors (Lipinski definition) is 5. The first-order chi connectivity index (χ1) is 11.5. The largest absolute Gasteiger partial charge is 2.00 e. The van der Waals surface area contributed by atoms with Gasteiger partial charge in [0.05, 0.1) is 8.60 Å². The molecule has 7 heteroatoms. The molecule has 0 aromatic heterocycles. The van der Waals surface area contributed by atoms with Gasteiger partial charge < -0.3 is 24.6 Å². The van der Waals surface area contributed by atoms with Crippen molar-refractivity contribution in [2.75, 3.05) is 0 Å². The molecule has 25 heavy (non-hydrogen) atoms. The van der Waals surface area contributed by atoms with Gasteiger partial charge in [0.1, 0.15) is 0 Å². The van der Waals surface area contributed by atoms with Crippen molar-refractivity contribution in [1.29, 1.82) is 0 Å². The van der Waals surface area contributed by atoms with Crippen LogP contribution in [-0.4, -0.2) is 15.8 Å². The average Bonchev–Trinajstić information content (AvgIpc) is 2.50. The van der Waals surface area contributed by atoms with Gasteiger partial charge in [0.2, 0.25) is 0 Å². The van der Waals surface area contributed by atoms with Gasteiger partial charge in [-0.05, 0) is 12.8 Å². The minimum absolute atomic E-state index is 0. The maximum absolute atomic E-state index is 10.2. The summed E-state index contributed by atoms with van der Waals surface area (Å²) < 4.78 is 0. The van der Waals surface area contributed by atoms with Crippen LogP contribution in [0.1, 0.15) is 110 Å². The molecule has 0 saturated heterocycles. The Morgan fingerprint density at radius 3 is 1.20 bits per heavy atom. The Hall–Kier alpha value is 0.403. The first-order valence-corrected chi connectivity index (χ1v) is 10.7. The van der Waals surface area contributed by atoms with Crippen LogP contribution in [0.25, 0.3) is 0 Å². The molecule has 5 nitrogen and oxygen atoms in total. The molecule has 0 aliphatic carbocycles. The van der Waals surface area contributed by atoms with Crippen LogP contribution in [0.4, 0.5) is 0 Å². The van der Waals surface area contributed by atoms with Gasteiger partial charge in [-0.2, -0.15) is 0 Å². The third-order valence-electron chi connectivity index (χ3n) is 3.98. The quantitative estimate of drug-likeness (QED) is 0.222. The van der Waals surface area contributed by atoms with E-state index < -0.39 is 14.6 Å². The van der Waals surface area contributed by atoms with Gasteiger partial charge in [0.25, 0.3) is 0 Å². The molecule has 146 valence electrons. The molecule has 0 aliphatic heterocycles. The summed E-state index contributed by atoms with van der Waals surface area (Å²) in [5.41, 5.74) is 0. The molecule has 0 aromatic carbocycles. The van der Waals surface area contributed by atoms with Crippen molar-refractivity contribution in [2.45, 2.75) is 110 Å². The molecule has 0 heterocycles. The van der Waals surface area contributed by atoms with Crippen LogP contribution in [0.3, 0.4) is 0 Å². The van der Waals surface area contributed by atoms with E-state index in [1.165, 1.54) is 83.5 Å². The molecule has 0 unspecified atom stereocenters. The van der Waals surface area contributed by atoms with E-state index >= 15 is 0 Å². The maximum atomic E-state index is 10.2. The van der Waals surface area contributed by atoms with Crippen molar-refractivity contribution < 1.29 is 44.1 Å². The van der Waals surface area contributed by atoms with Gasteiger partial charge >= 0.3 is 19.5 Å². The van der Waals surface area contributed by atoms with E-state index in [-0.39, 0.29) is 25.9 Å². The normalized spacial score (nSPS) is 10.1. The summed E-state index contributed by atoms with van der Waals surface area (Å²) in [5.74, 6) is -0.903. The predicted molar refractivity (Wildman–Crippen MR) is 95.9 cm³/mol. The number of rotatable bonds is 16. The average molecular weight is 430 g/mol. The second kappa shape index (κ2) is 26.6. The van der Waals surface area contributed by atoms with E-state index in [0.717, 1.165) is 12.8 Å². The number of aliphatic carboxylic acids is 1. The minimum Gasteiger partial charge on any atom is -0.786 e. The van der Waals surface area contributed by atoms with Crippen molar-refractivity contribution in [1.82, 2.24) is 0 Å². The van der Waals surface area contributed by atoms with Crippen LogP contribution in [0, 0.1) is 0 Å². The first-order valence-electron chi connectivity index (χ1n) is 9.55. The monoisotopic (exact) mass is 428 g/mol. The van der Waals surface area contributed by atoms with Gasteiger partial charge in [-0.1, -0.05) is 96.8 Å². The molecule has 0 radical (unpaired) electrons. The van der Waals surface area contributed by atoms with Crippen LogP contribution in [-0.2, 0) is 24.3 Å². The molecule has 2 N–H and O–H groups in total. The van der Waals surface area contributed by atoms with Crippen LogP contribution in [0.5, 0.6) is 0 Å². The molecular formula is C18H37O5PZn. The van der Waals surface area contributed by atoms with Crippen molar-refractivity contribution >= 4 is 14.6 Å². The number of carbonyl (C=O) groups is 1. The number of hydrogen-bond donors (Lipinski definition) is 2. The zero-order valence-electron chi connectivity index (χ0n) is 16.1. The molecule has 0 amide bonds. The Morgan fingerprint density at radius 1 is 0.720 bits per heavy atom. The molecule has 0 fully saturated rings. The van der Waals surface area contributed by atoms with Gasteiger partial charge in [0, 0.05) is 5.97 Å². The van der Waals surface area contributed by atoms with Crippen molar-refractivity contribution in [2.24, 2.45) is 0 Å². The van der Waals surface area contributed by atoms with Gasteiger partial charge in [-0.25, -0.2) is 0 Å². The molecule has 0 aromatic rings. The first kappa shape index (κ1) is 30.1. The van der Waals surface area contributed by atoms with E-state index in [9.17, 15) is 9.90 Å². The van der Waals surface area contributed by atoms with E-state index in [2.05, 4.69) is 6.92 Å². The standard InChI is InChI=1S/C18H36O2.H2O3P.Zn/c1-2-3-4-5-6-7-8-9-10-11-12-13-14-15-16-17-18(19)20;1-4(2)3;/h2-17H2,1H3,(H,19,20);1-2H;/q;-1;+2/p-1. The van der Waals surface area contributed by atoms with Crippen molar-refractivity contribution in [3.63, 3.8) is 0 Å². The number of carboxylic acids is 1. The summed E-state index contributed by atoms with van der Waals surface area (Å²) >= 11 is 0. The van der Waals surface area contributed by atoms with Crippen molar-refractivity contribution in [3.8, 4) is 0 Å². The maximum Gasteiger partial charge on any atom is 2.00 e. The fourth-order valence-electron chi connectivity index (χ4n) is 2.64. The van der Waals surface area contributed by atoms with Crippen LogP contribution >= 0.6 is 8.60 Å². The molecule has 0 rings (SSSR count). The van der Waals surface area contributed by atoms with E-state index in [0.29, 0.717) is 0 Å². The zero-order chi connectivity index (χ0) is 18.5. The predicted octanol–water partition coefficient (Wildman–Crippen LogP) is 3.55. The van der Waals surface area contributed by atoms with E-state index in [1.807, 2.05) is 0 Å². The molecule has 0 atom stereocenters. The zero-order valence-corrected chi connectivity index (χ0v) is 19.9. The fraction of sp³-hybridized carbons (Fsp3) is 0.944. The Kier molecular flexibility index (Phi) is 32.1. The number of unbranched alkanes of at least 4 members (excludes halogenated alkanes) is 14. The Bertz CT molecular complexity index is 253. The summed E-state index contributed by atoms with van der Waals surface area (Å²) in [6.07, 6.45) is 19.9. The van der Waals surface area contributed by atoms with Crippen LogP contribution in [0.2, 0.25) is 0 Å². The molecule has 0 bridgehead atoms. The smallest absolute Gasteiger partial charge is 0.786 e. The summed E-state index contributed by atoms with van der Waals surface area (Å²) in [6.45, 7) is 2.27. The van der Waals surface area contributed by atoms with E-state index in [4.69, 9.17) is 14.7 Å². The Morgan fingerprint density at radius 2 is 0.960 bits per heavy atom. The number of carbonyl (C=O) groups excluding carboxylic acids is 1. The number of carboxylic acid groups (broad SMARTS) is 1. The second-order valence-electron chi connectivity index (χ2n) is 6.32. The van der Waals surface area contributed by atoms with Crippen LogP contribution < -0.4 is 10.00 Å². The SMILES string of the molecule is CCCCCCCCCCCCCCCCCC(=O)[O-].[O-]P(O)O.[Zn+2]. The second-order valence-corrected chi connectivity index (χ2v) is 6.83. The molecule has 0 aliphatic rings. The summed E-state index contributed by atoms with van der Waals surface area (Å²) in [7, 11) is -2.87. The van der Waals surface area contributed by atoms with Gasteiger partial charge in [-0.3, -0.25) is 0 Å². The summed E-state index contributed by atoms with van der Waals surface area (Å²) in [5, 5.41) is 10.2. The van der Waals surface area contributed by atoms with Crippen molar-refractivity contribution in [3.05, 3.63) is 0 Å².